The normalized spacial score (nSPS) is 11.0. The van der Waals surface area contributed by atoms with E-state index in [-0.39, 0.29) is 0 Å². The van der Waals surface area contributed by atoms with Crippen molar-refractivity contribution in [1.82, 2.24) is 9.55 Å². The SMILES string of the molecule is CCCn1c(CNc2ccccc2)nc2cc(C)ccc21. The smallest absolute Gasteiger partial charge is 0.129 e. The highest BCUT2D eigenvalue weighted by Gasteiger charge is 2.09. The van der Waals surface area contributed by atoms with Crippen LogP contribution in [0.4, 0.5) is 5.69 Å². The second kappa shape index (κ2) is 6.00. The molecule has 3 rings (SSSR count). The summed E-state index contributed by atoms with van der Waals surface area (Å²) in [5, 5.41) is 3.45. The molecule has 0 aliphatic rings. The van der Waals surface area contributed by atoms with Crippen LogP contribution in [0.2, 0.25) is 0 Å². The number of imidazole rings is 1. The van der Waals surface area contributed by atoms with Gasteiger partial charge in [-0.3, -0.25) is 0 Å². The number of hydrogen-bond acceptors (Lipinski definition) is 2. The van der Waals surface area contributed by atoms with Gasteiger partial charge in [0.15, 0.2) is 0 Å². The zero-order valence-electron chi connectivity index (χ0n) is 12.6. The van der Waals surface area contributed by atoms with E-state index in [1.165, 1.54) is 11.1 Å². The first-order chi connectivity index (χ1) is 10.3. The summed E-state index contributed by atoms with van der Waals surface area (Å²) >= 11 is 0. The third-order valence-electron chi connectivity index (χ3n) is 3.65. The van der Waals surface area contributed by atoms with Crippen LogP contribution in [0.3, 0.4) is 0 Å². The van der Waals surface area contributed by atoms with Gasteiger partial charge in [0.05, 0.1) is 17.6 Å². The van der Waals surface area contributed by atoms with Crippen molar-refractivity contribution in [1.29, 1.82) is 0 Å². The van der Waals surface area contributed by atoms with Gasteiger partial charge in [-0.1, -0.05) is 31.2 Å². The van der Waals surface area contributed by atoms with Gasteiger partial charge in [-0.25, -0.2) is 4.98 Å². The van der Waals surface area contributed by atoms with E-state index >= 15 is 0 Å². The molecule has 0 radical (unpaired) electrons. The molecule has 1 aromatic heterocycles. The molecule has 21 heavy (non-hydrogen) atoms. The summed E-state index contributed by atoms with van der Waals surface area (Å²) in [5.74, 6) is 1.10. The van der Waals surface area contributed by atoms with Crippen LogP contribution in [0.1, 0.15) is 24.7 Å². The maximum atomic E-state index is 4.81. The first-order valence-electron chi connectivity index (χ1n) is 7.52. The van der Waals surface area contributed by atoms with Crippen molar-refractivity contribution >= 4 is 16.7 Å². The fourth-order valence-corrected chi connectivity index (χ4v) is 2.63. The van der Waals surface area contributed by atoms with Crippen molar-refractivity contribution in [2.75, 3.05) is 5.32 Å². The Balaban J connectivity index is 1.91. The van der Waals surface area contributed by atoms with E-state index in [9.17, 15) is 0 Å². The lowest BCUT2D eigenvalue weighted by Crippen LogP contribution is -2.08. The molecular formula is C18H21N3. The number of nitrogens with zero attached hydrogens (tertiary/aromatic N) is 2. The predicted molar refractivity (Wildman–Crippen MR) is 88.5 cm³/mol. The molecule has 0 atom stereocenters. The van der Waals surface area contributed by atoms with Gasteiger partial charge in [0.2, 0.25) is 0 Å². The van der Waals surface area contributed by atoms with E-state index in [1.54, 1.807) is 0 Å². The first-order valence-corrected chi connectivity index (χ1v) is 7.52. The quantitative estimate of drug-likeness (QED) is 0.751. The molecule has 3 heteroatoms. The van der Waals surface area contributed by atoms with Gasteiger partial charge in [0.25, 0.3) is 0 Å². The molecule has 3 nitrogen and oxygen atoms in total. The van der Waals surface area contributed by atoms with Gasteiger partial charge in [-0.2, -0.15) is 0 Å². The van der Waals surface area contributed by atoms with Gasteiger partial charge < -0.3 is 9.88 Å². The molecule has 1 heterocycles. The molecule has 0 fully saturated rings. The molecule has 2 aromatic carbocycles. The summed E-state index contributed by atoms with van der Waals surface area (Å²) in [5.41, 5.74) is 4.70. The summed E-state index contributed by atoms with van der Waals surface area (Å²) in [4.78, 5) is 4.81. The second-order valence-electron chi connectivity index (χ2n) is 5.39. The largest absolute Gasteiger partial charge is 0.378 e. The number of para-hydroxylation sites is 1. The van der Waals surface area contributed by atoms with Crippen LogP contribution >= 0.6 is 0 Å². The number of benzene rings is 2. The summed E-state index contributed by atoms with van der Waals surface area (Å²) < 4.78 is 2.32. The van der Waals surface area contributed by atoms with Crippen LogP contribution < -0.4 is 5.32 Å². The maximum absolute atomic E-state index is 4.81. The van der Waals surface area contributed by atoms with E-state index in [1.807, 2.05) is 18.2 Å². The Morgan fingerprint density at radius 1 is 1.10 bits per heavy atom. The zero-order chi connectivity index (χ0) is 14.7. The Labute approximate surface area is 125 Å². The van der Waals surface area contributed by atoms with Crippen LogP contribution in [0.5, 0.6) is 0 Å². The third kappa shape index (κ3) is 2.92. The molecule has 0 unspecified atom stereocenters. The minimum atomic E-state index is 0.748. The van der Waals surface area contributed by atoms with Crippen molar-refractivity contribution in [3.63, 3.8) is 0 Å². The lowest BCUT2D eigenvalue weighted by atomic mass is 10.2. The van der Waals surface area contributed by atoms with E-state index in [4.69, 9.17) is 4.98 Å². The van der Waals surface area contributed by atoms with Crippen molar-refractivity contribution in [3.8, 4) is 0 Å². The second-order valence-corrected chi connectivity index (χ2v) is 5.39. The maximum Gasteiger partial charge on any atom is 0.129 e. The monoisotopic (exact) mass is 279 g/mol. The van der Waals surface area contributed by atoms with Gasteiger partial charge in [0.1, 0.15) is 5.82 Å². The lowest BCUT2D eigenvalue weighted by molar-refractivity contribution is 0.661. The topological polar surface area (TPSA) is 29.9 Å². The average Bonchev–Trinajstić information content (AvgIpc) is 2.84. The summed E-state index contributed by atoms with van der Waals surface area (Å²) in [7, 11) is 0. The molecule has 0 aliphatic carbocycles. The fraction of sp³-hybridized carbons (Fsp3) is 0.278. The van der Waals surface area contributed by atoms with Gasteiger partial charge >= 0.3 is 0 Å². The molecule has 1 N–H and O–H groups in total. The lowest BCUT2D eigenvalue weighted by Gasteiger charge is -2.09. The Hall–Kier alpha value is -2.29. The molecule has 0 aliphatic heterocycles. The van der Waals surface area contributed by atoms with Crippen LogP contribution in [-0.4, -0.2) is 9.55 Å². The Morgan fingerprint density at radius 3 is 2.67 bits per heavy atom. The number of rotatable bonds is 5. The van der Waals surface area contributed by atoms with E-state index in [0.717, 1.165) is 36.5 Å². The number of fused-ring (bicyclic) bond motifs is 1. The number of aromatic nitrogens is 2. The highest BCUT2D eigenvalue weighted by molar-refractivity contribution is 5.77. The van der Waals surface area contributed by atoms with Crippen LogP contribution in [-0.2, 0) is 13.1 Å². The molecule has 108 valence electrons. The molecular weight excluding hydrogens is 258 g/mol. The Morgan fingerprint density at radius 2 is 1.90 bits per heavy atom. The van der Waals surface area contributed by atoms with Crippen LogP contribution in [0.15, 0.2) is 48.5 Å². The average molecular weight is 279 g/mol. The fourth-order valence-electron chi connectivity index (χ4n) is 2.63. The van der Waals surface area contributed by atoms with Crippen molar-refractivity contribution in [2.45, 2.75) is 33.4 Å². The highest BCUT2D eigenvalue weighted by atomic mass is 15.1. The molecule has 0 bridgehead atoms. The van der Waals surface area contributed by atoms with E-state index < -0.39 is 0 Å². The molecule has 0 saturated heterocycles. The Bertz CT molecular complexity index is 729. The van der Waals surface area contributed by atoms with E-state index in [0.29, 0.717) is 0 Å². The summed E-state index contributed by atoms with van der Waals surface area (Å²) in [6, 6.07) is 16.8. The standard InChI is InChI=1S/C18H21N3/c1-3-11-21-17-10-9-14(2)12-16(17)20-18(21)13-19-15-7-5-4-6-8-15/h4-10,12,19H,3,11,13H2,1-2H3. The summed E-state index contributed by atoms with van der Waals surface area (Å²) in [6.45, 7) is 6.07. The van der Waals surface area contributed by atoms with Gasteiger partial charge in [0, 0.05) is 12.2 Å². The number of anilines is 1. The van der Waals surface area contributed by atoms with Gasteiger partial charge in [-0.05, 0) is 43.2 Å². The predicted octanol–water partition coefficient (Wildman–Crippen LogP) is 4.37. The minimum absolute atomic E-state index is 0.748. The van der Waals surface area contributed by atoms with Gasteiger partial charge in [-0.15, -0.1) is 0 Å². The highest BCUT2D eigenvalue weighted by Crippen LogP contribution is 2.19. The molecule has 0 amide bonds. The molecule has 0 spiro atoms. The number of nitrogens with one attached hydrogen (secondary N) is 1. The Kier molecular flexibility index (Phi) is 3.91. The third-order valence-corrected chi connectivity index (χ3v) is 3.65. The first kappa shape index (κ1) is 13.7. The summed E-state index contributed by atoms with van der Waals surface area (Å²) in [6.07, 6.45) is 1.11. The minimum Gasteiger partial charge on any atom is -0.378 e. The molecule has 3 aromatic rings. The zero-order valence-corrected chi connectivity index (χ0v) is 12.6. The number of hydrogen-bond donors (Lipinski definition) is 1. The number of aryl methyl sites for hydroxylation is 2. The van der Waals surface area contributed by atoms with Crippen LogP contribution in [0, 0.1) is 6.92 Å². The van der Waals surface area contributed by atoms with Crippen LogP contribution in [0.25, 0.3) is 11.0 Å². The van der Waals surface area contributed by atoms with Crippen molar-refractivity contribution in [2.24, 2.45) is 0 Å². The van der Waals surface area contributed by atoms with Crippen molar-refractivity contribution < 1.29 is 0 Å². The molecule has 0 saturated carbocycles. The van der Waals surface area contributed by atoms with E-state index in [2.05, 4.69) is 54.1 Å². The van der Waals surface area contributed by atoms with Crippen molar-refractivity contribution in [3.05, 3.63) is 59.9 Å².